The van der Waals surface area contributed by atoms with Crippen LogP contribution in [-0.2, 0) is 33.1 Å². The van der Waals surface area contributed by atoms with E-state index in [2.05, 4.69) is 9.97 Å². The average molecular weight is 543 g/mol. The highest BCUT2D eigenvalue weighted by atomic mass is 32.2. The first-order valence-electron chi connectivity index (χ1n) is 11.5. The van der Waals surface area contributed by atoms with Crippen molar-refractivity contribution in [3.05, 3.63) is 71.0 Å². The van der Waals surface area contributed by atoms with Crippen LogP contribution in [-0.4, -0.2) is 59.8 Å². The summed E-state index contributed by atoms with van der Waals surface area (Å²) >= 11 is 0. The summed E-state index contributed by atoms with van der Waals surface area (Å²) in [6, 6.07) is 11.6. The zero-order chi connectivity index (χ0) is 26.9. The van der Waals surface area contributed by atoms with Crippen LogP contribution in [0, 0.1) is 13.8 Å². The van der Waals surface area contributed by atoms with Crippen molar-refractivity contribution >= 4 is 31.9 Å². The minimum Gasteiger partial charge on any atom is -0.497 e. The number of ether oxygens (including phenoxy) is 2. The number of hydrogen-bond donors (Lipinski definition) is 0. The molecule has 4 rings (SSSR count). The maximum atomic E-state index is 13.9. The summed E-state index contributed by atoms with van der Waals surface area (Å²) in [5.41, 5.74) is 3.80. The van der Waals surface area contributed by atoms with Crippen LogP contribution in [0.1, 0.15) is 22.4 Å². The summed E-state index contributed by atoms with van der Waals surface area (Å²) in [6.07, 6.45) is 1.65. The largest absolute Gasteiger partial charge is 0.497 e. The number of benzene rings is 2. The molecule has 0 aliphatic rings. The molecule has 196 valence electrons. The van der Waals surface area contributed by atoms with E-state index < -0.39 is 20.8 Å². The number of imidazole rings is 1. The lowest BCUT2D eigenvalue weighted by molar-refractivity contribution is 0.402. The van der Waals surface area contributed by atoms with E-state index in [4.69, 9.17) is 9.47 Å². The SMILES string of the molecule is COc1ccc2c(c1)nc(S(=O)Cc1ncc(C)c(OC)c1C)n2S(=O)(=O)c1ccc(CN(C)C)cc1. The second-order valence-corrected chi connectivity index (χ2v) is 12.1. The fraction of sp³-hybridized carbons (Fsp3) is 0.308. The maximum Gasteiger partial charge on any atom is 0.270 e. The lowest BCUT2D eigenvalue weighted by Gasteiger charge is -2.14. The fourth-order valence-electron chi connectivity index (χ4n) is 4.16. The Balaban J connectivity index is 1.84. The topological polar surface area (TPSA) is 104 Å². The van der Waals surface area contributed by atoms with Gasteiger partial charge in [0.1, 0.15) is 11.5 Å². The second-order valence-electron chi connectivity index (χ2n) is 8.94. The molecule has 1 unspecified atom stereocenters. The van der Waals surface area contributed by atoms with Gasteiger partial charge in [-0.1, -0.05) is 12.1 Å². The van der Waals surface area contributed by atoms with E-state index in [9.17, 15) is 12.6 Å². The summed E-state index contributed by atoms with van der Waals surface area (Å²) in [5.74, 6) is 1.15. The van der Waals surface area contributed by atoms with Crippen LogP contribution in [0.15, 0.2) is 58.7 Å². The van der Waals surface area contributed by atoms with Crippen molar-refractivity contribution in [1.82, 2.24) is 18.8 Å². The highest BCUT2D eigenvalue weighted by Gasteiger charge is 2.28. The fourth-order valence-corrected chi connectivity index (χ4v) is 7.21. The molecule has 0 aliphatic carbocycles. The number of fused-ring (bicyclic) bond motifs is 1. The van der Waals surface area contributed by atoms with Crippen molar-refractivity contribution in [3.63, 3.8) is 0 Å². The van der Waals surface area contributed by atoms with Crippen molar-refractivity contribution in [2.75, 3.05) is 28.3 Å². The molecule has 2 aromatic heterocycles. The van der Waals surface area contributed by atoms with Crippen LogP contribution >= 0.6 is 0 Å². The Kier molecular flexibility index (Phi) is 7.67. The van der Waals surface area contributed by atoms with Gasteiger partial charge >= 0.3 is 0 Å². The molecular formula is C26H30N4O5S2. The zero-order valence-electron chi connectivity index (χ0n) is 21.7. The Hall–Kier alpha value is -3.28. The van der Waals surface area contributed by atoms with Crippen LogP contribution in [0.25, 0.3) is 11.0 Å². The first-order valence-corrected chi connectivity index (χ1v) is 14.3. The standard InChI is InChI=1S/C26H30N4O5S2/c1-17-14-27-23(18(2)25(17)35-6)16-36(31)26-28-22-13-20(34-5)9-12-24(22)30(26)37(32,33)21-10-7-19(8-11-21)15-29(3)4/h7-14H,15-16H2,1-6H3. The van der Waals surface area contributed by atoms with Crippen molar-refractivity contribution in [2.24, 2.45) is 0 Å². The Morgan fingerprint density at radius 2 is 1.73 bits per heavy atom. The second kappa shape index (κ2) is 10.6. The molecule has 4 aromatic rings. The first-order chi connectivity index (χ1) is 17.6. The zero-order valence-corrected chi connectivity index (χ0v) is 23.3. The van der Waals surface area contributed by atoms with E-state index in [0.717, 1.165) is 20.7 Å². The highest BCUT2D eigenvalue weighted by Crippen LogP contribution is 2.30. The van der Waals surface area contributed by atoms with Crippen molar-refractivity contribution < 1.29 is 22.1 Å². The molecule has 0 saturated carbocycles. The van der Waals surface area contributed by atoms with Gasteiger partial charge in [0.15, 0.2) is 0 Å². The molecule has 0 bridgehead atoms. The van der Waals surface area contributed by atoms with E-state index in [-0.39, 0.29) is 15.8 Å². The van der Waals surface area contributed by atoms with Gasteiger partial charge in [0.05, 0.1) is 52.4 Å². The van der Waals surface area contributed by atoms with E-state index in [1.807, 2.05) is 32.8 Å². The smallest absolute Gasteiger partial charge is 0.270 e. The molecule has 0 saturated heterocycles. The third kappa shape index (κ3) is 5.25. The van der Waals surface area contributed by atoms with Gasteiger partial charge < -0.3 is 14.4 Å². The van der Waals surface area contributed by atoms with E-state index in [1.165, 1.54) is 7.11 Å². The Labute approximate surface area is 219 Å². The van der Waals surface area contributed by atoms with Crippen LogP contribution in [0.5, 0.6) is 11.5 Å². The average Bonchev–Trinajstić information content (AvgIpc) is 3.26. The molecule has 9 nitrogen and oxygen atoms in total. The van der Waals surface area contributed by atoms with Gasteiger partial charge in [0, 0.05) is 29.9 Å². The lowest BCUT2D eigenvalue weighted by atomic mass is 10.1. The summed E-state index contributed by atoms with van der Waals surface area (Å²) in [6.45, 7) is 4.39. The van der Waals surface area contributed by atoms with E-state index >= 15 is 0 Å². The molecule has 0 amide bonds. The molecular weight excluding hydrogens is 512 g/mol. The highest BCUT2D eigenvalue weighted by molar-refractivity contribution is 7.91. The van der Waals surface area contributed by atoms with E-state index in [1.54, 1.807) is 55.8 Å². The van der Waals surface area contributed by atoms with Gasteiger partial charge in [-0.15, -0.1) is 0 Å². The summed E-state index contributed by atoms with van der Waals surface area (Å²) < 4.78 is 53.3. The minimum atomic E-state index is -4.12. The first kappa shape index (κ1) is 26.8. The van der Waals surface area contributed by atoms with Crippen LogP contribution in [0.3, 0.4) is 0 Å². The molecule has 0 fully saturated rings. The van der Waals surface area contributed by atoms with Crippen LogP contribution in [0.2, 0.25) is 0 Å². The third-order valence-electron chi connectivity index (χ3n) is 5.97. The third-order valence-corrected chi connectivity index (χ3v) is 9.02. The summed E-state index contributed by atoms with van der Waals surface area (Å²) in [4.78, 5) is 11.0. The van der Waals surface area contributed by atoms with Crippen LogP contribution < -0.4 is 9.47 Å². The quantitative estimate of drug-likeness (QED) is 0.316. The molecule has 1 atom stereocenters. The summed E-state index contributed by atoms with van der Waals surface area (Å²) in [5, 5.41) is -0.0821. The van der Waals surface area contributed by atoms with E-state index in [0.29, 0.717) is 34.8 Å². The normalized spacial score (nSPS) is 12.7. The number of methoxy groups -OCH3 is 2. The number of hydrogen-bond acceptors (Lipinski definition) is 8. The minimum absolute atomic E-state index is 0.0276. The van der Waals surface area contributed by atoms with Crippen molar-refractivity contribution in [1.29, 1.82) is 0 Å². The molecule has 2 heterocycles. The predicted octanol–water partition coefficient (Wildman–Crippen LogP) is 3.67. The van der Waals surface area contributed by atoms with Crippen molar-refractivity contribution in [3.8, 4) is 11.5 Å². The van der Waals surface area contributed by atoms with Gasteiger partial charge in [-0.25, -0.2) is 17.4 Å². The van der Waals surface area contributed by atoms with Gasteiger partial charge in [0.2, 0.25) is 5.16 Å². The molecule has 0 N–H and O–H groups in total. The van der Waals surface area contributed by atoms with Crippen LogP contribution in [0.4, 0.5) is 0 Å². The van der Waals surface area contributed by atoms with Gasteiger partial charge in [-0.3, -0.25) is 9.19 Å². The molecule has 0 spiro atoms. The number of aromatic nitrogens is 3. The number of pyridine rings is 1. The van der Waals surface area contributed by atoms with Gasteiger partial charge in [0.25, 0.3) is 10.0 Å². The molecule has 37 heavy (non-hydrogen) atoms. The number of rotatable bonds is 9. The molecule has 2 aromatic carbocycles. The molecule has 0 aliphatic heterocycles. The summed E-state index contributed by atoms with van der Waals surface area (Å²) in [7, 11) is 1.01. The Morgan fingerprint density at radius 1 is 1.03 bits per heavy atom. The number of nitrogens with zero attached hydrogens (tertiary/aromatic N) is 4. The molecule has 0 radical (unpaired) electrons. The van der Waals surface area contributed by atoms with Gasteiger partial charge in [-0.05, 0) is 57.8 Å². The predicted molar refractivity (Wildman–Crippen MR) is 143 cm³/mol. The van der Waals surface area contributed by atoms with Crippen molar-refractivity contribution in [2.45, 2.75) is 36.2 Å². The monoisotopic (exact) mass is 542 g/mol. The Bertz CT molecular complexity index is 1580. The molecule has 11 heteroatoms. The van der Waals surface area contributed by atoms with Gasteiger partial charge in [-0.2, -0.15) is 0 Å². The maximum absolute atomic E-state index is 13.9. The number of aryl methyl sites for hydroxylation is 1. The lowest BCUT2D eigenvalue weighted by Crippen LogP contribution is -2.18. The Morgan fingerprint density at radius 3 is 2.35 bits per heavy atom.